The second-order valence-electron chi connectivity index (χ2n) is 7.61. The van der Waals surface area contributed by atoms with Gasteiger partial charge in [-0.1, -0.05) is 31.5 Å². The number of anilines is 1. The molecular weight excluding hydrogens is 366 g/mol. The average molecular weight is 393 g/mol. The highest BCUT2D eigenvalue weighted by Crippen LogP contribution is 2.29. The van der Waals surface area contributed by atoms with Crippen molar-refractivity contribution in [1.82, 2.24) is 10.9 Å². The summed E-state index contributed by atoms with van der Waals surface area (Å²) in [6, 6.07) is 11.8. The zero-order chi connectivity index (χ0) is 21.0. The van der Waals surface area contributed by atoms with Crippen molar-refractivity contribution in [3.63, 3.8) is 0 Å². The molecule has 152 valence electrons. The second-order valence-corrected chi connectivity index (χ2v) is 7.61. The molecule has 3 rings (SSSR count). The van der Waals surface area contributed by atoms with Crippen LogP contribution < -0.4 is 16.2 Å². The molecule has 2 amide bonds. The van der Waals surface area contributed by atoms with E-state index in [1.807, 2.05) is 37.3 Å². The van der Waals surface area contributed by atoms with E-state index in [0.717, 1.165) is 27.8 Å². The van der Waals surface area contributed by atoms with Gasteiger partial charge in [0.05, 0.1) is 19.2 Å². The monoisotopic (exact) mass is 393 g/mol. The molecule has 0 spiro atoms. The zero-order valence-electron chi connectivity index (χ0n) is 17.3. The largest absolute Gasteiger partial charge is 0.464 e. The van der Waals surface area contributed by atoms with Crippen LogP contribution >= 0.6 is 0 Å². The number of hydrogen-bond acceptors (Lipinski definition) is 4. The van der Waals surface area contributed by atoms with Crippen molar-refractivity contribution in [2.45, 2.75) is 40.0 Å². The Morgan fingerprint density at radius 1 is 1.00 bits per heavy atom. The molecule has 0 bridgehead atoms. The molecule has 1 heterocycles. The molecule has 0 saturated heterocycles. The van der Waals surface area contributed by atoms with Crippen LogP contribution in [0, 0.1) is 13.8 Å². The van der Waals surface area contributed by atoms with E-state index in [-0.39, 0.29) is 24.8 Å². The first-order valence-electron chi connectivity index (χ1n) is 9.72. The Labute approximate surface area is 170 Å². The lowest BCUT2D eigenvalue weighted by Crippen LogP contribution is -2.44. The van der Waals surface area contributed by atoms with Crippen LogP contribution in [0.3, 0.4) is 0 Å². The maximum atomic E-state index is 12.3. The van der Waals surface area contributed by atoms with Gasteiger partial charge < -0.3 is 9.73 Å². The number of nitrogens with one attached hydrogen (secondary N) is 3. The Morgan fingerprint density at radius 3 is 2.38 bits per heavy atom. The Kier molecular flexibility index (Phi) is 6.22. The normalized spacial score (nSPS) is 10.9. The Hall–Kier alpha value is -3.28. The minimum atomic E-state index is -0.325. The summed E-state index contributed by atoms with van der Waals surface area (Å²) in [5.74, 6) is -0.243. The van der Waals surface area contributed by atoms with Crippen molar-refractivity contribution < 1.29 is 14.0 Å². The van der Waals surface area contributed by atoms with Crippen LogP contribution in [0.5, 0.6) is 0 Å². The number of aryl methyl sites for hydroxylation is 2. The van der Waals surface area contributed by atoms with Gasteiger partial charge in [0.1, 0.15) is 5.58 Å². The topological polar surface area (TPSA) is 83.4 Å². The fourth-order valence-electron chi connectivity index (χ4n) is 3.26. The molecule has 0 aliphatic carbocycles. The van der Waals surface area contributed by atoms with Crippen LogP contribution in [0.25, 0.3) is 11.0 Å². The number of carbonyl (C=O) groups excluding carboxylic acids is 2. The molecule has 6 nitrogen and oxygen atoms in total. The minimum Gasteiger partial charge on any atom is -0.464 e. The van der Waals surface area contributed by atoms with E-state index < -0.39 is 0 Å². The van der Waals surface area contributed by atoms with Crippen molar-refractivity contribution in [2.75, 3.05) is 11.9 Å². The van der Waals surface area contributed by atoms with E-state index in [1.54, 1.807) is 6.26 Å². The summed E-state index contributed by atoms with van der Waals surface area (Å²) in [6.45, 7) is 8.40. The summed E-state index contributed by atoms with van der Waals surface area (Å²) in [7, 11) is 0. The standard InChI is InChI=1S/C23H27N3O3/c1-14(2)19-11-20-17(13-29-21(20)9-16(19)4)10-22(27)25-26-23(28)12-24-18-7-5-15(3)6-8-18/h5-9,11,13-14,24H,10,12H2,1-4H3,(H,25,27)(H,26,28). The molecule has 0 atom stereocenters. The van der Waals surface area contributed by atoms with Crippen LogP contribution in [-0.4, -0.2) is 18.4 Å². The Morgan fingerprint density at radius 2 is 1.69 bits per heavy atom. The van der Waals surface area contributed by atoms with Gasteiger partial charge >= 0.3 is 0 Å². The highest BCUT2D eigenvalue weighted by molar-refractivity contribution is 5.90. The van der Waals surface area contributed by atoms with Crippen LogP contribution in [0.4, 0.5) is 5.69 Å². The van der Waals surface area contributed by atoms with Gasteiger partial charge in [-0.3, -0.25) is 20.4 Å². The predicted octanol–water partition coefficient (Wildman–Crippen LogP) is 3.98. The highest BCUT2D eigenvalue weighted by atomic mass is 16.3. The Bertz CT molecular complexity index is 1020. The number of furan rings is 1. The summed E-state index contributed by atoms with van der Waals surface area (Å²) in [6.07, 6.45) is 1.73. The van der Waals surface area contributed by atoms with Crippen LogP contribution in [-0.2, 0) is 16.0 Å². The number of fused-ring (bicyclic) bond motifs is 1. The number of rotatable bonds is 6. The van der Waals surface area contributed by atoms with E-state index in [1.165, 1.54) is 11.1 Å². The van der Waals surface area contributed by atoms with Crippen molar-refractivity contribution in [2.24, 2.45) is 0 Å². The number of hydrazine groups is 1. The van der Waals surface area contributed by atoms with Crippen molar-refractivity contribution in [3.8, 4) is 0 Å². The van der Waals surface area contributed by atoms with Crippen LogP contribution in [0.1, 0.15) is 42.0 Å². The zero-order valence-corrected chi connectivity index (χ0v) is 17.3. The minimum absolute atomic E-state index is 0.0645. The number of carbonyl (C=O) groups is 2. The molecule has 29 heavy (non-hydrogen) atoms. The molecule has 0 fully saturated rings. The van der Waals surface area contributed by atoms with Gasteiger partial charge in [0.15, 0.2) is 0 Å². The molecule has 0 unspecified atom stereocenters. The van der Waals surface area contributed by atoms with Crippen molar-refractivity contribution in [1.29, 1.82) is 0 Å². The maximum Gasteiger partial charge on any atom is 0.257 e. The molecule has 1 aromatic heterocycles. The van der Waals surface area contributed by atoms with E-state index in [9.17, 15) is 9.59 Å². The lowest BCUT2D eigenvalue weighted by molar-refractivity contribution is -0.127. The third kappa shape index (κ3) is 5.16. The molecule has 6 heteroatoms. The lowest BCUT2D eigenvalue weighted by Gasteiger charge is -2.10. The molecule has 2 aromatic carbocycles. The third-order valence-electron chi connectivity index (χ3n) is 4.86. The van der Waals surface area contributed by atoms with Gasteiger partial charge in [-0.15, -0.1) is 0 Å². The van der Waals surface area contributed by atoms with Gasteiger partial charge in [0.25, 0.3) is 5.91 Å². The second kappa shape index (κ2) is 8.82. The third-order valence-corrected chi connectivity index (χ3v) is 4.86. The molecule has 3 aromatic rings. The molecule has 0 aliphatic heterocycles. The van der Waals surface area contributed by atoms with Gasteiger partial charge in [0, 0.05) is 16.6 Å². The summed E-state index contributed by atoms with van der Waals surface area (Å²) in [5.41, 5.74) is 10.9. The van der Waals surface area contributed by atoms with Crippen LogP contribution in [0.15, 0.2) is 47.1 Å². The fourth-order valence-corrected chi connectivity index (χ4v) is 3.26. The number of amides is 2. The highest BCUT2D eigenvalue weighted by Gasteiger charge is 2.14. The molecule has 0 radical (unpaired) electrons. The number of benzene rings is 2. The fraction of sp³-hybridized carbons (Fsp3) is 0.304. The van der Waals surface area contributed by atoms with E-state index in [0.29, 0.717) is 5.92 Å². The molecule has 0 saturated carbocycles. The molecule has 0 aliphatic rings. The summed E-state index contributed by atoms with van der Waals surface area (Å²) >= 11 is 0. The Balaban J connectivity index is 1.54. The first-order valence-corrected chi connectivity index (χ1v) is 9.72. The SMILES string of the molecule is Cc1ccc(NCC(=O)NNC(=O)Cc2coc3cc(C)c(C(C)C)cc23)cc1. The first-order chi connectivity index (χ1) is 13.8. The summed E-state index contributed by atoms with van der Waals surface area (Å²) in [5, 5.41) is 3.94. The molecule has 3 N–H and O–H groups in total. The lowest BCUT2D eigenvalue weighted by atomic mass is 9.95. The van der Waals surface area contributed by atoms with Crippen LogP contribution in [0.2, 0.25) is 0 Å². The predicted molar refractivity (Wildman–Crippen MR) is 115 cm³/mol. The summed E-state index contributed by atoms with van der Waals surface area (Å²) < 4.78 is 5.61. The van der Waals surface area contributed by atoms with E-state index >= 15 is 0 Å². The van der Waals surface area contributed by atoms with E-state index in [4.69, 9.17) is 4.42 Å². The first kappa shape index (κ1) is 20.5. The van der Waals surface area contributed by atoms with Gasteiger partial charge in [-0.2, -0.15) is 0 Å². The quantitative estimate of drug-likeness (QED) is 0.553. The number of hydrogen-bond donors (Lipinski definition) is 3. The average Bonchev–Trinajstić information content (AvgIpc) is 3.06. The van der Waals surface area contributed by atoms with Gasteiger partial charge in [-0.25, -0.2) is 0 Å². The van der Waals surface area contributed by atoms with Gasteiger partial charge in [0.2, 0.25) is 5.91 Å². The van der Waals surface area contributed by atoms with Crippen molar-refractivity contribution >= 4 is 28.5 Å². The maximum absolute atomic E-state index is 12.3. The van der Waals surface area contributed by atoms with E-state index in [2.05, 4.69) is 43.0 Å². The summed E-state index contributed by atoms with van der Waals surface area (Å²) in [4.78, 5) is 24.2. The van der Waals surface area contributed by atoms with Gasteiger partial charge in [-0.05, 0) is 55.2 Å². The smallest absolute Gasteiger partial charge is 0.257 e. The molecular formula is C23H27N3O3. The van der Waals surface area contributed by atoms with Crippen molar-refractivity contribution in [3.05, 3.63) is 64.9 Å².